The van der Waals surface area contributed by atoms with Gasteiger partial charge in [0.15, 0.2) is 0 Å². The van der Waals surface area contributed by atoms with Gasteiger partial charge < -0.3 is 20.5 Å². The van der Waals surface area contributed by atoms with Crippen LogP contribution in [0.2, 0.25) is 0 Å². The molecule has 0 aliphatic carbocycles. The molecular formula is C27H33N3O7S. The summed E-state index contributed by atoms with van der Waals surface area (Å²) in [6, 6.07) is 10.7. The van der Waals surface area contributed by atoms with Crippen LogP contribution in [-0.2, 0) is 30.8 Å². The van der Waals surface area contributed by atoms with Crippen molar-refractivity contribution >= 4 is 27.9 Å². The zero-order valence-corrected chi connectivity index (χ0v) is 22.1. The van der Waals surface area contributed by atoms with Crippen LogP contribution in [0.25, 0.3) is 0 Å². The minimum Gasteiger partial charge on any atom is -0.480 e. The Morgan fingerprint density at radius 3 is 2.34 bits per heavy atom. The van der Waals surface area contributed by atoms with E-state index in [4.69, 9.17) is 4.74 Å². The summed E-state index contributed by atoms with van der Waals surface area (Å²) in [6.07, 6.45) is 2.24. The maximum absolute atomic E-state index is 13.2. The summed E-state index contributed by atoms with van der Waals surface area (Å²) in [6.45, 7) is 3.59. The van der Waals surface area contributed by atoms with Gasteiger partial charge in [0.25, 0.3) is 0 Å². The third-order valence-electron chi connectivity index (χ3n) is 7.00. The lowest BCUT2D eigenvalue weighted by molar-refractivity contribution is -0.142. The van der Waals surface area contributed by atoms with Gasteiger partial charge in [0.2, 0.25) is 15.9 Å². The molecule has 3 N–H and O–H groups in total. The van der Waals surface area contributed by atoms with Gasteiger partial charge in [-0.25, -0.2) is 13.2 Å². The van der Waals surface area contributed by atoms with E-state index in [0.717, 1.165) is 35.8 Å². The second-order valence-corrected chi connectivity index (χ2v) is 11.7. The van der Waals surface area contributed by atoms with E-state index >= 15 is 0 Å². The van der Waals surface area contributed by atoms with Crippen LogP contribution in [0.3, 0.4) is 0 Å². The molecule has 10 nitrogen and oxygen atoms in total. The second-order valence-electron chi connectivity index (χ2n) is 9.78. The standard InChI is InChI=1S/C27H33N3O7S/c1-18-4-10-22(11-5-18)38(35,36)30-16-2-3-24(30)25(31)29-23(26(32)33)17-19-6-8-21(9-7-19)37-27(34)20-12-14-28-15-13-20/h4-11,20,23-24,28H,2-3,12-17H2,1H3,(H,29,31)(H,32,33)/t23-,24-/m0/s1. The molecule has 2 aromatic rings. The van der Waals surface area contributed by atoms with Gasteiger partial charge in [-0.1, -0.05) is 29.8 Å². The van der Waals surface area contributed by atoms with E-state index in [1.165, 1.54) is 12.1 Å². The average molecular weight is 544 g/mol. The van der Waals surface area contributed by atoms with Crippen molar-refractivity contribution in [1.82, 2.24) is 14.9 Å². The zero-order chi connectivity index (χ0) is 27.3. The number of sulfonamides is 1. The Morgan fingerprint density at radius 1 is 1.05 bits per heavy atom. The Hall–Kier alpha value is -3.28. The molecule has 4 rings (SSSR count). The van der Waals surface area contributed by atoms with E-state index < -0.39 is 34.0 Å². The molecular weight excluding hydrogens is 510 g/mol. The molecule has 11 heteroatoms. The van der Waals surface area contributed by atoms with Crippen molar-refractivity contribution in [2.45, 2.75) is 56.0 Å². The predicted molar refractivity (Wildman–Crippen MR) is 139 cm³/mol. The number of ether oxygens (including phenoxy) is 1. The maximum atomic E-state index is 13.2. The first-order valence-electron chi connectivity index (χ1n) is 12.8. The molecule has 2 saturated heterocycles. The summed E-state index contributed by atoms with van der Waals surface area (Å²) >= 11 is 0. The van der Waals surface area contributed by atoms with Crippen molar-refractivity contribution < 1.29 is 32.6 Å². The van der Waals surface area contributed by atoms with Crippen molar-refractivity contribution in [3.05, 3.63) is 59.7 Å². The normalized spacial score (nSPS) is 19.6. The highest BCUT2D eigenvalue weighted by Crippen LogP contribution is 2.27. The molecule has 2 aliphatic rings. The SMILES string of the molecule is Cc1ccc(S(=O)(=O)N2CCC[C@H]2C(=O)N[C@@H](Cc2ccc(OC(=O)C3CCNCC3)cc2)C(=O)O)cc1. The summed E-state index contributed by atoms with van der Waals surface area (Å²) in [7, 11) is -3.91. The number of esters is 1. The number of benzene rings is 2. The highest BCUT2D eigenvalue weighted by atomic mass is 32.2. The average Bonchev–Trinajstić information content (AvgIpc) is 3.41. The smallest absolute Gasteiger partial charge is 0.326 e. The fraction of sp³-hybridized carbons (Fsp3) is 0.444. The van der Waals surface area contributed by atoms with Crippen molar-refractivity contribution in [2.24, 2.45) is 5.92 Å². The number of carboxylic acid groups (broad SMARTS) is 1. The number of nitrogens with one attached hydrogen (secondary N) is 2. The fourth-order valence-corrected chi connectivity index (χ4v) is 6.45. The highest BCUT2D eigenvalue weighted by molar-refractivity contribution is 7.89. The number of carboxylic acids is 1. The van der Waals surface area contributed by atoms with E-state index in [-0.39, 0.29) is 29.7 Å². The van der Waals surface area contributed by atoms with Gasteiger partial charge in [0.05, 0.1) is 10.8 Å². The first-order valence-corrected chi connectivity index (χ1v) is 14.2. The van der Waals surface area contributed by atoms with E-state index in [1.54, 1.807) is 36.4 Å². The van der Waals surface area contributed by atoms with Crippen LogP contribution in [0.4, 0.5) is 0 Å². The first-order chi connectivity index (χ1) is 18.1. The van der Waals surface area contributed by atoms with Crippen LogP contribution in [0, 0.1) is 12.8 Å². The summed E-state index contributed by atoms with van der Waals surface area (Å²) in [5.41, 5.74) is 1.53. The quantitative estimate of drug-likeness (QED) is 0.321. The maximum Gasteiger partial charge on any atom is 0.326 e. The Morgan fingerprint density at radius 2 is 1.71 bits per heavy atom. The van der Waals surface area contributed by atoms with Crippen molar-refractivity contribution in [1.29, 1.82) is 0 Å². The molecule has 204 valence electrons. The third kappa shape index (κ3) is 6.58. The second kappa shape index (κ2) is 12.1. The largest absolute Gasteiger partial charge is 0.480 e. The molecule has 1 amide bonds. The number of aliphatic carboxylic acids is 1. The van der Waals surface area contributed by atoms with Gasteiger partial charge >= 0.3 is 11.9 Å². The summed E-state index contributed by atoms with van der Waals surface area (Å²) in [5, 5.41) is 15.5. The number of nitrogens with zero attached hydrogens (tertiary/aromatic N) is 1. The molecule has 0 saturated carbocycles. The van der Waals surface area contributed by atoms with E-state index in [1.807, 2.05) is 6.92 Å². The Bertz CT molecular complexity index is 1260. The van der Waals surface area contributed by atoms with Crippen molar-refractivity contribution in [3.63, 3.8) is 0 Å². The van der Waals surface area contributed by atoms with Crippen LogP contribution >= 0.6 is 0 Å². The number of aryl methyl sites for hydroxylation is 1. The number of carbonyl (C=O) groups excluding carboxylic acids is 2. The molecule has 0 unspecified atom stereocenters. The Balaban J connectivity index is 1.39. The minimum absolute atomic E-state index is 0.0129. The van der Waals surface area contributed by atoms with Crippen LogP contribution < -0.4 is 15.4 Å². The molecule has 0 aromatic heterocycles. The van der Waals surface area contributed by atoms with Gasteiger partial charge in [-0.2, -0.15) is 4.31 Å². The van der Waals surface area contributed by atoms with Gasteiger partial charge in [-0.3, -0.25) is 9.59 Å². The molecule has 0 spiro atoms. The van der Waals surface area contributed by atoms with Gasteiger partial charge in [0, 0.05) is 13.0 Å². The van der Waals surface area contributed by atoms with Gasteiger partial charge in [-0.15, -0.1) is 0 Å². The molecule has 2 heterocycles. The van der Waals surface area contributed by atoms with Crippen molar-refractivity contribution in [3.8, 4) is 5.75 Å². The number of piperidine rings is 1. The minimum atomic E-state index is -3.91. The van der Waals surface area contributed by atoms with E-state index in [9.17, 15) is 27.9 Å². The molecule has 2 aliphatic heterocycles. The number of carbonyl (C=O) groups is 3. The van der Waals surface area contributed by atoms with Gasteiger partial charge in [-0.05, 0) is 75.5 Å². The van der Waals surface area contributed by atoms with Crippen LogP contribution in [0.5, 0.6) is 5.75 Å². The number of hydrogen-bond acceptors (Lipinski definition) is 7. The van der Waals surface area contributed by atoms with Crippen molar-refractivity contribution in [2.75, 3.05) is 19.6 Å². The van der Waals surface area contributed by atoms with E-state index in [2.05, 4.69) is 10.6 Å². The molecule has 2 fully saturated rings. The number of amides is 1. The van der Waals surface area contributed by atoms with Gasteiger partial charge in [0.1, 0.15) is 17.8 Å². The van der Waals surface area contributed by atoms with Crippen LogP contribution in [0.15, 0.2) is 53.4 Å². The summed E-state index contributed by atoms with van der Waals surface area (Å²) < 4.78 is 33.0. The molecule has 0 radical (unpaired) electrons. The third-order valence-corrected chi connectivity index (χ3v) is 8.93. The molecule has 0 bridgehead atoms. The topological polar surface area (TPSA) is 142 Å². The lowest BCUT2D eigenvalue weighted by atomic mass is 9.98. The number of hydrogen-bond donors (Lipinski definition) is 3. The molecule has 38 heavy (non-hydrogen) atoms. The monoisotopic (exact) mass is 543 g/mol. The predicted octanol–water partition coefficient (Wildman–Crippen LogP) is 1.87. The Kier molecular flexibility index (Phi) is 8.80. The van der Waals surface area contributed by atoms with Crippen LogP contribution in [-0.4, -0.2) is 67.4 Å². The molecule has 2 aromatic carbocycles. The molecule has 2 atom stereocenters. The van der Waals surface area contributed by atoms with Crippen LogP contribution in [0.1, 0.15) is 36.8 Å². The first kappa shape index (κ1) is 27.7. The summed E-state index contributed by atoms with van der Waals surface area (Å²) in [4.78, 5) is 37.5. The van der Waals surface area contributed by atoms with E-state index in [0.29, 0.717) is 24.2 Å². The lowest BCUT2D eigenvalue weighted by Gasteiger charge is -2.25. The number of rotatable bonds is 9. The summed E-state index contributed by atoms with van der Waals surface area (Å²) in [5.74, 6) is -1.93. The fourth-order valence-electron chi connectivity index (χ4n) is 4.79. The highest BCUT2D eigenvalue weighted by Gasteiger charge is 2.40. The Labute approximate surface area is 222 Å². The lowest BCUT2D eigenvalue weighted by Crippen LogP contribution is -2.51. The zero-order valence-electron chi connectivity index (χ0n) is 21.3.